The first-order valence-corrected chi connectivity index (χ1v) is 16.8. The maximum absolute atomic E-state index is 14.2. The second-order valence-corrected chi connectivity index (χ2v) is 14.1. The van der Waals surface area contributed by atoms with Crippen molar-refractivity contribution in [2.45, 2.75) is 40.2 Å². The lowest BCUT2D eigenvalue weighted by atomic mass is 10.1. The normalized spacial score (nSPS) is 11.2. The highest BCUT2D eigenvalue weighted by Crippen LogP contribution is 2.22. The molecule has 0 fully saturated rings. The molecule has 0 bridgehead atoms. The zero-order valence-corrected chi connectivity index (χ0v) is 28.8. The number of aliphatic imine (C=N–C) groups is 1. The quantitative estimate of drug-likeness (QED) is 0.101. The zero-order chi connectivity index (χ0) is 35.2. The van der Waals surface area contributed by atoms with Gasteiger partial charge in [0, 0.05) is 33.1 Å². The monoisotopic (exact) mass is 675 g/mol. The average Bonchev–Trinajstić information content (AvgIpc) is 3.06. The second-order valence-electron chi connectivity index (χ2n) is 11.0. The van der Waals surface area contributed by atoms with Gasteiger partial charge in [0.05, 0.1) is 29.4 Å². The maximum atomic E-state index is 14.2. The Morgan fingerprint density at radius 1 is 0.750 bits per heavy atom. The van der Waals surface area contributed by atoms with Crippen molar-refractivity contribution in [3.05, 3.63) is 108 Å². The van der Waals surface area contributed by atoms with Gasteiger partial charge in [0.15, 0.2) is 0 Å². The lowest BCUT2D eigenvalue weighted by molar-refractivity contribution is 0.117. The Morgan fingerprint density at radius 2 is 1.25 bits per heavy atom. The summed E-state index contributed by atoms with van der Waals surface area (Å²) in [6.07, 6.45) is 1.11. The number of aromatic nitrogens is 3. The molecule has 1 aromatic heterocycles. The van der Waals surface area contributed by atoms with Crippen LogP contribution in [0.15, 0.2) is 74.0 Å². The highest BCUT2D eigenvalue weighted by atomic mass is 28.4. The number of nitrogens with one attached hydrogen (secondary N) is 1. The minimum absolute atomic E-state index is 0.0485. The molecule has 0 saturated carbocycles. The van der Waals surface area contributed by atoms with Crippen molar-refractivity contribution >= 4 is 32.4 Å². The van der Waals surface area contributed by atoms with E-state index in [1.54, 1.807) is 51.1 Å². The molecular formula is C33H37N5O9Si. The summed E-state index contributed by atoms with van der Waals surface area (Å²) >= 11 is 0. The molecule has 0 saturated heterocycles. The number of hydrogen-bond acceptors (Lipinski definition) is 10. The minimum Gasteiger partial charge on any atom is -0.449 e. The van der Waals surface area contributed by atoms with E-state index < -0.39 is 32.0 Å². The molecule has 0 atom stereocenters. The van der Waals surface area contributed by atoms with Crippen LogP contribution < -0.4 is 22.4 Å². The van der Waals surface area contributed by atoms with Gasteiger partial charge in [-0.05, 0) is 86.7 Å². The molecule has 48 heavy (non-hydrogen) atoms. The molecule has 0 aliphatic rings. The van der Waals surface area contributed by atoms with Gasteiger partial charge in [-0.25, -0.2) is 37.7 Å². The van der Waals surface area contributed by atoms with Crippen LogP contribution in [0.1, 0.15) is 28.7 Å². The van der Waals surface area contributed by atoms with Crippen molar-refractivity contribution in [3.8, 4) is 17.1 Å². The molecule has 252 valence electrons. The van der Waals surface area contributed by atoms with Crippen LogP contribution in [0.2, 0.25) is 6.04 Å². The number of benzene rings is 3. The largest absolute Gasteiger partial charge is 0.500 e. The number of carbonyl (C=O) groups excluding carboxylic acids is 2. The highest BCUT2D eigenvalue weighted by Gasteiger charge is 2.37. The zero-order valence-electron chi connectivity index (χ0n) is 27.8. The number of ether oxygens (including phenoxy) is 1. The molecule has 1 amide bonds. The van der Waals surface area contributed by atoms with Crippen molar-refractivity contribution in [1.29, 1.82) is 0 Å². The van der Waals surface area contributed by atoms with Gasteiger partial charge in [-0.1, -0.05) is 24.3 Å². The van der Waals surface area contributed by atoms with Crippen LogP contribution in [-0.2, 0) is 22.8 Å². The van der Waals surface area contributed by atoms with Crippen LogP contribution >= 0.6 is 0 Å². The molecule has 1 heterocycles. The summed E-state index contributed by atoms with van der Waals surface area (Å²) in [4.78, 5) is 69.9. The fraction of sp³-hybridized carbons (Fsp3) is 0.303. The lowest BCUT2D eigenvalue weighted by Crippen LogP contribution is -2.53. The van der Waals surface area contributed by atoms with Crippen LogP contribution in [0.25, 0.3) is 17.1 Å². The molecular weight excluding hydrogens is 638 g/mol. The summed E-state index contributed by atoms with van der Waals surface area (Å²) in [6, 6.07) is 14.9. The number of carbonyl (C=O) groups is 1. The number of hydrogen-bond donors (Lipinski definition) is 1. The number of amides is 1. The van der Waals surface area contributed by atoms with Gasteiger partial charge in [0.2, 0.25) is 6.08 Å². The molecule has 0 aliphatic carbocycles. The summed E-state index contributed by atoms with van der Waals surface area (Å²) in [6.45, 7) is 6.97. The van der Waals surface area contributed by atoms with Crippen molar-refractivity contribution in [3.63, 3.8) is 0 Å². The Morgan fingerprint density at radius 3 is 1.79 bits per heavy atom. The smallest absolute Gasteiger partial charge is 0.449 e. The van der Waals surface area contributed by atoms with Gasteiger partial charge in [0.25, 0.3) is 0 Å². The van der Waals surface area contributed by atoms with Gasteiger partial charge in [-0.15, -0.1) is 0 Å². The van der Waals surface area contributed by atoms with Crippen LogP contribution in [0.3, 0.4) is 0 Å². The third-order valence-corrected chi connectivity index (χ3v) is 10.7. The van der Waals surface area contributed by atoms with Crippen molar-refractivity contribution in [1.82, 2.24) is 13.7 Å². The average molecular weight is 676 g/mol. The minimum atomic E-state index is -2.83. The number of anilines is 1. The van der Waals surface area contributed by atoms with E-state index in [0.717, 1.165) is 19.3 Å². The summed E-state index contributed by atoms with van der Waals surface area (Å²) in [5, 5.41) is 2.62. The molecule has 0 radical (unpaired) electrons. The topological polar surface area (TPSA) is 161 Å². The Labute approximate surface area is 277 Å². The third-order valence-electron chi connectivity index (χ3n) is 7.85. The van der Waals surface area contributed by atoms with E-state index >= 15 is 0 Å². The van der Waals surface area contributed by atoms with Crippen LogP contribution in [0, 0.1) is 27.7 Å². The lowest BCUT2D eigenvalue weighted by Gasteiger charge is -2.24. The van der Waals surface area contributed by atoms with Gasteiger partial charge < -0.3 is 18.0 Å². The molecule has 0 spiro atoms. The molecule has 0 unspecified atom stereocenters. The standard InChI is InChI=1S/C33H37N5O9Si/c1-21-9-10-22(2)27(17-21)36-31(41)37(28-18-25(34-20-39)13-11-23(28)3)33(43)38(32(36)42)29-19-26(14-12-24(29)4)35-30(40)47-15-8-16-48(44-5,45-6)46-7/h9-14,17-19H,8,15-16H2,1-7H3,(H,35,40). The first-order valence-electron chi connectivity index (χ1n) is 14.9. The van der Waals surface area contributed by atoms with E-state index in [9.17, 15) is 24.0 Å². The molecule has 4 aromatic rings. The van der Waals surface area contributed by atoms with E-state index in [-0.39, 0.29) is 35.0 Å². The van der Waals surface area contributed by atoms with Gasteiger partial charge in [0.1, 0.15) is 0 Å². The fourth-order valence-corrected chi connectivity index (χ4v) is 6.87. The first kappa shape index (κ1) is 35.7. The molecule has 15 heteroatoms. The van der Waals surface area contributed by atoms with E-state index in [1.807, 2.05) is 13.0 Å². The Bertz CT molecular complexity index is 2070. The van der Waals surface area contributed by atoms with E-state index in [1.165, 1.54) is 45.6 Å². The molecule has 14 nitrogen and oxygen atoms in total. The molecule has 4 rings (SSSR count). The van der Waals surface area contributed by atoms with Crippen molar-refractivity contribution < 1.29 is 27.6 Å². The summed E-state index contributed by atoms with van der Waals surface area (Å²) in [7, 11) is 1.66. The van der Waals surface area contributed by atoms with Crippen LogP contribution in [0.5, 0.6) is 0 Å². The Hall–Kier alpha value is -5.18. The molecule has 1 N–H and O–H groups in total. The van der Waals surface area contributed by atoms with Crippen molar-refractivity contribution in [2.24, 2.45) is 4.99 Å². The number of aryl methyl sites for hydroxylation is 4. The van der Waals surface area contributed by atoms with Crippen LogP contribution in [-0.4, -0.2) is 62.6 Å². The van der Waals surface area contributed by atoms with Gasteiger partial charge in [-0.3, -0.25) is 5.32 Å². The SMILES string of the molecule is CO[Si](CCCOC(=O)Nc1ccc(C)c(-n2c(=O)n(-c3cc(C)ccc3C)c(=O)n(-c3cc(N=C=O)ccc3C)c2=O)c1)(OC)OC. The highest BCUT2D eigenvalue weighted by molar-refractivity contribution is 6.60. The maximum Gasteiger partial charge on any atom is 0.500 e. The number of nitrogens with zero attached hydrogens (tertiary/aromatic N) is 4. The van der Waals surface area contributed by atoms with E-state index in [0.29, 0.717) is 29.2 Å². The predicted octanol–water partition coefficient (Wildman–Crippen LogP) is 4.16. The van der Waals surface area contributed by atoms with E-state index in [2.05, 4.69) is 10.3 Å². The number of rotatable bonds is 12. The summed E-state index contributed by atoms with van der Waals surface area (Å²) in [5.74, 6) is 0. The Kier molecular flexibility index (Phi) is 11.3. The molecule has 0 aliphatic heterocycles. The van der Waals surface area contributed by atoms with Crippen LogP contribution in [0.4, 0.5) is 16.2 Å². The summed E-state index contributed by atoms with van der Waals surface area (Å²) < 4.78 is 24.1. The number of isocyanates is 1. The summed E-state index contributed by atoms with van der Waals surface area (Å²) in [5.41, 5.74) is 0.520. The predicted molar refractivity (Wildman–Crippen MR) is 181 cm³/mol. The third kappa shape index (κ3) is 7.35. The van der Waals surface area contributed by atoms with Gasteiger partial charge in [-0.2, -0.15) is 4.99 Å². The van der Waals surface area contributed by atoms with E-state index in [4.69, 9.17) is 18.0 Å². The fourth-order valence-electron chi connectivity index (χ4n) is 5.18. The second kappa shape index (κ2) is 15.1. The molecule has 3 aromatic carbocycles. The first-order chi connectivity index (χ1) is 22.9. The Balaban J connectivity index is 1.84. The van der Waals surface area contributed by atoms with Crippen molar-refractivity contribution in [2.75, 3.05) is 33.3 Å². The van der Waals surface area contributed by atoms with Gasteiger partial charge >= 0.3 is 32.0 Å².